The second kappa shape index (κ2) is 12.3. The third-order valence-corrected chi connectivity index (χ3v) is 6.58. The Morgan fingerprint density at radius 2 is 1.17 bits per heavy atom. The van der Waals surface area contributed by atoms with E-state index in [1.165, 1.54) is 14.0 Å². The van der Waals surface area contributed by atoms with Crippen molar-refractivity contribution in [1.82, 2.24) is 0 Å². The lowest BCUT2D eigenvalue weighted by molar-refractivity contribution is -0.367. The number of hydrogen-bond donors (Lipinski definition) is 9. The van der Waals surface area contributed by atoms with E-state index in [4.69, 9.17) is 28.4 Å². The molecule has 3 aliphatic rings. The van der Waals surface area contributed by atoms with Crippen molar-refractivity contribution < 1.29 is 74.4 Å². The highest BCUT2D eigenvalue weighted by atomic mass is 16.7. The lowest BCUT2D eigenvalue weighted by atomic mass is 9.96. The van der Waals surface area contributed by atoms with Crippen LogP contribution in [0.15, 0.2) is 0 Å². The van der Waals surface area contributed by atoms with Crippen LogP contribution in [0.3, 0.4) is 0 Å². The van der Waals surface area contributed by atoms with E-state index in [9.17, 15) is 46.0 Å². The molecule has 3 heterocycles. The van der Waals surface area contributed by atoms with Gasteiger partial charge in [-0.25, -0.2) is 0 Å². The number of ether oxygens (including phenoxy) is 6. The van der Waals surface area contributed by atoms with E-state index in [1.807, 2.05) is 0 Å². The molecule has 9 unspecified atom stereocenters. The summed E-state index contributed by atoms with van der Waals surface area (Å²) < 4.78 is 32.6. The Morgan fingerprint density at radius 1 is 0.686 bits per heavy atom. The molecule has 0 bridgehead atoms. The molecule has 9 N–H and O–H groups in total. The minimum Gasteiger partial charge on any atom is -0.394 e. The van der Waals surface area contributed by atoms with Gasteiger partial charge >= 0.3 is 0 Å². The fourth-order valence-electron chi connectivity index (χ4n) is 4.52. The monoisotopic (exact) mass is 516 g/mol. The molecule has 3 rings (SSSR count). The number of rotatable bonds is 9. The highest BCUT2D eigenvalue weighted by Crippen LogP contribution is 2.33. The van der Waals surface area contributed by atoms with Crippen molar-refractivity contribution in [2.24, 2.45) is 0 Å². The van der Waals surface area contributed by atoms with Crippen LogP contribution in [0.1, 0.15) is 6.92 Å². The maximum Gasteiger partial charge on any atom is 0.187 e. The molecule has 15 heteroatoms. The van der Waals surface area contributed by atoms with E-state index < -0.39 is 112 Å². The molecule has 0 saturated carbocycles. The molecule has 0 aliphatic carbocycles. The molecule has 0 aromatic carbocycles. The Bertz CT molecular complexity index is 656. The Morgan fingerprint density at radius 3 is 1.66 bits per heavy atom. The molecule has 0 spiro atoms. The van der Waals surface area contributed by atoms with Gasteiger partial charge in [-0.1, -0.05) is 0 Å². The molecule has 3 saturated heterocycles. The molecule has 0 aromatic rings. The van der Waals surface area contributed by atoms with Gasteiger partial charge in [-0.15, -0.1) is 0 Å². The van der Waals surface area contributed by atoms with Crippen molar-refractivity contribution in [2.45, 2.75) is 98.9 Å². The highest BCUT2D eigenvalue weighted by molar-refractivity contribution is 4.97. The van der Waals surface area contributed by atoms with Crippen LogP contribution in [0.25, 0.3) is 0 Å². The normalized spacial score (nSPS) is 49.8. The van der Waals surface area contributed by atoms with Gasteiger partial charge in [0.2, 0.25) is 0 Å². The number of aliphatic hydroxyl groups is 9. The average molecular weight is 516 g/mol. The standard InChI is InChI=1S/C20H36O15/c1-6-10(25)18(15(31-6)7(24)3-21)35-20-14(29)17(12(27)9(5-23)33-20)34-19-13(28)16(30-2)11(26)8(4-22)32-19/h6-29H,3-5H2,1-2H3/t6?,7-,8?,9?,10?,11+,12+,13?,14?,15+,16?,17?,18?,19+,20-/m1/s1. The predicted molar refractivity (Wildman–Crippen MR) is 109 cm³/mol. The van der Waals surface area contributed by atoms with Crippen LogP contribution < -0.4 is 0 Å². The first kappa shape index (κ1) is 29.0. The summed E-state index contributed by atoms with van der Waals surface area (Å²) in [5, 5.41) is 91.2. The molecule has 0 aromatic heterocycles. The lowest BCUT2D eigenvalue weighted by Gasteiger charge is -2.47. The molecular weight excluding hydrogens is 480 g/mol. The molecule has 15 nitrogen and oxygen atoms in total. The van der Waals surface area contributed by atoms with Crippen LogP contribution in [0.2, 0.25) is 0 Å². The van der Waals surface area contributed by atoms with Gasteiger partial charge in [-0.3, -0.25) is 0 Å². The molecule has 0 amide bonds. The van der Waals surface area contributed by atoms with E-state index in [0.717, 1.165) is 0 Å². The zero-order chi connectivity index (χ0) is 26.0. The quantitative estimate of drug-likeness (QED) is 0.139. The Kier molecular flexibility index (Phi) is 10.2. The number of aliphatic hydroxyl groups excluding tert-OH is 9. The molecule has 0 radical (unpaired) electrons. The zero-order valence-electron chi connectivity index (χ0n) is 19.3. The first-order valence-corrected chi connectivity index (χ1v) is 11.3. The van der Waals surface area contributed by atoms with Crippen LogP contribution >= 0.6 is 0 Å². The van der Waals surface area contributed by atoms with Crippen LogP contribution in [0.5, 0.6) is 0 Å². The fraction of sp³-hybridized carbons (Fsp3) is 1.00. The van der Waals surface area contributed by atoms with Gasteiger partial charge in [-0.05, 0) is 6.92 Å². The van der Waals surface area contributed by atoms with E-state index in [0.29, 0.717) is 0 Å². The molecule has 3 aliphatic heterocycles. The highest BCUT2D eigenvalue weighted by Gasteiger charge is 2.54. The smallest absolute Gasteiger partial charge is 0.187 e. The molecule has 15 atom stereocenters. The third-order valence-electron chi connectivity index (χ3n) is 6.58. The number of hydrogen-bond acceptors (Lipinski definition) is 15. The summed E-state index contributed by atoms with van der Waals surface area (Å²) in [4.78, 5) is 0. The summed E-state index contributed by atoms with van der Waals surface area (Å²) in [6.07, 6.45) is -21.0. The van der Waals surface area contributed by atoms with Gasteiger partial charge < -0.3 is 74.4 Å². The van der Waals surface area contributed by atoms with Crippen molar-refractivity contribution in [3.8, 4) is 0 Å². The summed E-state index contributed by atoms with van der Waals surface area (Å²) >= 11 is 0. The zero-order valence-corrected chi connectivity index (χ0v) is 19.3. The van der Waals surface area contributed by atoms with Gasteiger partial charge in [0.1, 0.15) is 73.2 Å². The summed E-state index contributed by atoms with van der Waals surface area (Å²) in [7, 11) is 1.21. The van der Waals surface area contributed by atoms with E-state index in [1.54, 1.807) is 0 Å². The van der Waals surface area contributed by atoms with Crippen LogP contribution in [-0.4, -0.2) is 165 Å². The van der Waals surface area contributed by atoms with Gasteiger partial charge in [0.25, 0.3) is 0 Å². The minimum absolute atomic E-state index is 0.649. The summed E-state index contributed by atoms with van der Waals surface area (Å²) in [5.74, 6) is 0. The largest absolute Gasteiger partial charge is 0.394 e. The second-order valence-corrected chi connectivity index (χ2v) is 8.86. The predicted octanol–water partition coefficient (Wildman–Crippen LogP) is -5.85. The van der Waals surface area contributed by atoms with E-state index in [-0.39, 0.29) is 0 Å². The van der Waals surface area contributed by atoms with Gasteiger partial charge in [-0.2, -0.15) is 0 Å². The maximum atomic E-state index is 10.9. The summed E-state index contributed by atoms with van der Waals surface area (Å²) in [6, 6.07) is 0. The summed E-state index contributed by atoms with van der Waals surface area (Å²) in [5.41, 5.74) is 0. The summed E-state index contributed by atoms with van der Waals surface area (Å²) in [6.45, 7) is -0.570. The Hall–Kier alpha value is -0.600. The molecule has 35 heavy (non-hydrogen) atoms. The van der Waals surface area contributed by atoms with Crippen LogP contribution in [0, 0.1) is 0 Å². The van der Waals surface area contributed by atoms with Crippen molar-refractivity contribution in [3.63, 3.8) is 0 Å². The van der Waals surface area contributed by atoms with Gasteiger partial charge in [0, 0.05) is 7.11 Å². The Balaban J connectivity index is 1.79. The molecular formula is C20H36O15. The SMILES string of the molecule is COC1C(O)[C@H](OC2C(O)[C@@H](OC3C(O)C(C)O[C@H]3[C@H](O)CO)OC(CO)[C@@H]2O)OC(CO)[C@@H]1O. The van der Waals surface area contributed by atoms with E-state index in [2.05, 4.69) is 0 Å². The second-order valence-electron chi connectivity index (χ2n) is 8.86. The fourth-order valence-corrected chi connectivity index (χ4v) is 4.52. The van der Waals surface area contributed by atoms with E-state index >= 15 is 0 Å². The lowest BCUT2D eigenvalue weighted by Crippen LogP contribution is -2.65. The van der Waals surface area contributed by atoms with Crippen LogP contribution in [-0.2, 0) is 28.4 Å². The van der Waals surface area contributed by atoms with Crippen molar-refractivity contribution in [1.29, 1.82) is 0 Å². The van der Waals surface area contributed by atoms with Crippen molar-refractivity contribution in [3.05, 3.63) is 0 Å². The first-order valence-electron chi connectivity index (χ1n) is 11.3. The average Bonchev–Trinajstić information content (AvgIpc) is 3.12. The van der Waals surface area contributed by atoms with Gasteiger partial charge in [0.15, 0.2) is 12.6 Å². The topological polar surface area (TPSA) is 237 Å². The third kappa shape index (κ3) is 5.79. The van der Waals surface area contributed by atoms with Crippen LogP contribution in [0.4, 0.5) is 0 Å². The minimum atomic E-state index is -1.78. The van der Waals surface area contributed by atoms with Gasteiger partial charge in [0.05, 0.1) is 25.9 Å². The Labute approximate surface area is 200 Å². The maximum absolute atomic E-state index is 10.9. The van der Waals surface area contributed by atoms with Crippen molar-refractivity contribution in [2.75, 3.05) is 26.9 Å². The number of methoxy groups -OCH3 is 1. The first-order chi connectivity index (χ1) is 16.6. The van der Waals surface area contributed by atoms with Crippen molar-refractivity contribution >= 4 is 0 Å². The molecule has 206 valence electrons. The molecule has 3 fully saturated rings.